The van der Waals surface area contributed by atoms with Crippen LogP contribution in [0.5, 0.6) is 5.75 Å². The van der Waals surface area contributed by atoms with Crippen molar-refractivity contribution in [3.05, 3.63) is 29.8 Å². The molecule has 1 saturated heterocycles. The molecule has 100 valence electrons. The molecule has 0 amide bonds. The van der Waals surface area contributed by atoms with Crippen molar-refractivity contribution in [2.24, 2.45) is 5.92 Å². The molecule has 2 atom stereocenters. The van der Waals surface area contributed by atoms with Crippen molar-refractivity contribution in [1.29, 1.82) is 0 Å². The lowest BCUT2D eigenvalue weighted by atomic mass is 9.87. The number of piperidine rings is 1. The molecule has 1 aliphatic heterocycles. The first-order valence-electron chi connectivity index (χ1n) is 7.30. The van der Waals surface area contributed by atoms with Crippen LogP contribution in [0.25, 0.3) is 0 Å². The van der Waals surface area contributed by atoms with Crippen LogP contribution in [-0.2, 0) is 0 Å². The van der Waals surface area contributed by atoms with Crippen LogP contribution in [0.4, 0.5) is 0 Å². The smallest absolute Gasteiger partial charge is 0.124 e. The van der Waals surface area contributed by atoms with Gasteiger partial charge in [0.2, 0.25) is 0 Å². The van der Waals surface area contributed by atoms with Gasteiger partial charge in [-0.25, -0.2) is 0 Å². The standard InChI is InChI=1S/C16H25NO/c1-3-11-18-16-8-6-5-7-14(16)15-12-13(4-2)9-10-17-15/h5-8,13,15,17H,3-4,9-12H2,1-2H3. The van der Waals surface area contributed by atoms with Gasteiger partial charge in [0.05, 0.1) is 6.61 Å². The van der Waals surface area contributed by atoms with Gasteiger partial charge in [-0.3, -0.25) is 0 Å². The molecule has 1 aromatic rings. The Balaban J connectivity index is 2.11. The maximum atomic E-state index is 5.87. The maximum absolute atomic E-state index is 5.87. The van der Waals surface area contributed by atoms with Crippen LogP contribution in [0, 0.1) is 5.92 Å². The van der Waals surface area contributed by atoms with Crippen LogP contribution < -0.4 is 10.1 Å². The minimum Gasteiger partial charge on any atom is -0.493 e. The first-order chi connectivity index (χ1) is 8.85. The molecule has 18 heavy (non-hydrogen) atoms. The third-order valence-corrected chi connectivity index (χ3v) is 3.85. The summed E-state index contributed by atoms with van der Waals surface area (Å²) in [5, 5.41) is 3.64. The van der Waals surface area contributed by atoms with E-state index in [-0.39, 0.29) is 0 Å². The Morgan fingerprint density at radius 3 is 2.89 bits per heavy atom. The van der Waals surface area contributed by atoms with Crippen molar-refractivity contribution in [3.8, 4) is 5.75 Å². The predicted octanol–water partition coefficient (Wildman–Crippen LogP) is 3.93. The summed E-state index contributed by atoms with van der Waals surface area (Å²) in [6.45, 7) is 6.38. The van der Waals surface area contributed by atoms with Crippen molar-refractivity contribution >= 4 is 0 Å². The Labute approximate surface area is 111 Å². The van der Waals surface area contributed by atoms with Gasteiger partial charge >= 0.3 is 0 Å². The van der Waals surface area contributed by atoms with E-state index in [1.807, 2.05) is 0 Å². The summed E-state index contributed by atoms with van der Waals surface area (Å²) < 4.78 is 5.87. The van der Waals surface area contributed by atoms with E-state index in [0.717, 1.165) is 31.2 Å². The van der Waals surface area contributed by atoms with Gasteiger partial charge in [0.15, 0.2) is 0 Å². The molecule has 1 fully saturated rings. The molecule has 2 unspecified atom stereocenters. The van der Waals surface area contributed by atoms with E-state index >= 15 is 0 Å². The Kier molecular flexibility index (Phi) is 5.06. The van der Waals surface area contributed by atoms with Crippen molar-refractivity contribution in [2.45, 2.75) is 45.6 Å². The SMILES string of the molecule is CCCOc1ccccc1C1CC(CC)CCN1. The van der Waals surface area contributed by atoms with E-state index in [1.54, 1.807) is 0 Å². The van der Waals surface area contributed by atoms with Crippen molar-refractivity contribution < 1.29 is 4.74 Å². The highest BCUT2D eigenvalue weighted by Gasteiger charge is 2.23. The lowest BCUT2D eigenvalue weighted by Gasteiger charge is -2.31. The van der Waals surface area contributed by atoms with Crippen LogP contribution >= 0.6 is 0 Å². The highest BCUT2D eigenvalue weighted by Crippen LogP contribution is 2.33. The molecule has 2 rings (SSSR count). The summed E-state index contributed by atoms with van der Waals surface area (Å²) in [6, 6.07) is 8.96. The van der Waals surface area contributed by atoms with Crippen molar-refractivity contribution in [3.63, 3.8) is 0 Å². The molecule has 0 bridgehead atoms. The fourth-order valence-corrected chi connectivity index (χ4v) is 2.72. The molecule has 1 aliphatic rings. The molecular formula is C16H25NO. The predicted molar refractivity (Wildman–Crippen MR) is 76.0 cm³/mol. The van der Waals surface area contributed by atoms with Crippen LogP contribution in [0.1, 0.15) is 51.1 Å². The molecule has 2 nitrogen and oxygen atoms in total. The number of rotatable bonds is 5. The van der Waals surface area contributed by atoms with Crippen LogP contribution in [0.15, 0.2) is 24.3 Å². The minimum absolute atomic E-state index is 0.469. The average Bonchev–Trinajstić information content (AvgIpc) is 2.45. The first-order valence-corrected chi connectivity index (χ1v) is 7.30. The maximum Gasteiger partial charge on any atom is 0.124 e. The number of benzene rings is 1. The zero-order valence-corrected chi connectivity index (χ0v) is 11.6. The molecule has 1 N–H and O–H groups in total. The van der Waals surface area contributed by atoms with E-state index in [0.29, 0.717) is 6.04 Å². The second-order valence-electron chi connectivity index (χ2n) is 5.19. The third kappa shape index (κ3) is 3.26. The quantitative estimate of drug-likeness (QED) is 0.851. The lowest BCUT2D eigenvalue weighted by Crippen LogP contribution is -2.31. The van der Waals surface area contributed by atoms with E-state index in [2.05, 4.69) is 43.4 Å². The summed E-state index contributed by atoms with van der Waals surface area (Å²) in [5.74, 6) is 1.92. The fraction of sp³-hybridized carbons (Fsp3) is 0.625. The van der Waals surface area contributed by atoms with Crippen LogP contribution in [0.2, 0.25) is 0 Å². The number of hydrogen-bond donors (Lipinski definition) is 1. The zero-order valence-electron chi connectivity index (χ0n) is 11.6. The van der Waals surface area contributed by atoms with Gasteiger partial charge in [0, 0.05) is 11.6 Å². The van der Waals surface area contributed by atoms with Gasteiger partial charge in [-0.2, -0.15) is 0 Å². The van der Waals surface area contributed by atoms with Crippen LogP contribution in [0.3, 0.4) is 0 Å². The average molecular weight is 247 g/mol. The summed E-state index contributed by atoms with van der Waals surface area (Å²) in [5.41, 5.74) is 1.34. The topological polar surface area (TPSA) is 21.3 Å². The number of nitrogens with one attached hydrogen (secondary N) is 1. The van der Waals surface area contributed by atoms with E-state index in [4.69, 9.17) is 4.74 Å². The number of ether oxygens (including phenoxy) is 1. The van der Waals surface area contributed by atoms with E-state index in [9.17, 15) is 0 Å². The number of para-hydroxylation sites is 1. The summed E-state index contributed by atoms with van der Waals surface area (Å²) in [6.07, 6.45) is 4.90. The fourth-order valence-electron chi connectivity index (χ4n) is 2.72. The summed E-state index contributed by atoms with van der Waals surface area (Å²) in [4.78, 5) is 0. The van der Waals surface area contributed by atoms with Gasteiger partial charge < -0.3 is 10.1 Å². The minimum atomic E-state index is 0.469. The third-order valence-electron chi connectivity index (χ3n) is 3.85. The zero-order chi connectivity index (χ0) is 12.8. The lowest BCUT2D eigenvalue weighted by molar-refractivity contribution is 0.278. The molecule has 0 aliphatic carbocycles. The Morgan fingerprint density at radius 1 is 1.28 bits per heavy atom. The van der Waals surface area contributed by atoms with Gasteiger partial charge in [0.1, 0.15) is 5.75 Å². The largest absolute Gasteiger partial charge is 0.493 e. The highest BCUT2D eigenvalue weighted by molar-refractivity contribution is 5.36. The monoisotopic (exact) mass is 247 g/mol. The molecule has 0 spiro atoms. The molecule has 0 aromatic heterocycles. The second kappa shape index (κ2) is 6.79. The van der Waals surface area contributed by atoms with Crippen molar-refractivity contribution in [1.82, 2.24) is 5.32 Å². The number of hydrogen-bond acceptors (Lipinski definition) is 2. The molecular weight excluding hydrogens is 222 g/mol. The van der Waals surface area contributed by atoms with E-state index in [1.165, 1.54) is 24.8 Å². The first kappa shape index (κ1) is 13.4. The van der Waals surface area contributed by atoms with Crippen LogP contribution in [-0.4, -0.2) is 13.2 Å². The summed E-state index contributed by atoms with van der Waals surface area (Å²) in [7, 11) is 0. The summed E-state index contributed by atoms with van der Waals surface area (Å²) >= 11 is 0. The molecule has 1 heterocycles. The normalized spacial score (nSPS) is 23.9. The highest BCUT2D eigenvalue weighted by atomic mass is 16.5. The molecule has 0 saturated carbocycles. The van der Waals surface area contributed by atoms with Gasteiger partial charge in [-0.1, -0.05) is 38.5 Å². The van der Waals surface area contributed by atoms with Gasteiger partial charge in [-0.15, -0.1) is 0 Å². The van der Waals surface area contributed by atoms with E-state index < -0.39 is 0 Å². The van der Waals surface area contributed by atoms with Gasteiger partial charge in [0.25, 0.3) is 0 Å². The molecule has 0 radical (unpaired) electrons. The van der Waals surface area contributed by atoms with Gasteiger partial charge in [-0.05, 0) is 37.8 Å². The Morgan fingerprint density at radius 2 is 2.11 bits per heavy atom. The molecule has 2 heteroatoms. The van der Waals surface area contributed by atoms with Crippen molar-refractivity contribution in [2.75, 3.05) is 13.2 Å². The Bertz CT molecular complexity index is 364. The second-order valence-corrected chi connectivity index (χ2v) is 5.19. The molecule has 1 aromatic carbocycles. The Hall–Kier alpha value is -1.02.